The summed E-state index contributed by atoms with van der Waals surface area (Å²) in [6, 6.07) is 4.29. The lowest BCUT2D eigenvalue weighted by Gasteiger charge is -2.21. The van der Waals surface area contributed by atoms with E-state index >= 15 is 0 Å². The number of phenolic OH excluding ortho intramolecular Hbond substituents is 1. The van der Waals surface area contributed by atoms with Gasteiger partial charge in [-0.25, -0.2) is 9.37 Å². The van der Waals surface area contributed by atoms with E-state index in [9.17, 15) is 9.50 Å². The van der Waals surface area contributed by atoms with Gasteiger partial charge in [0.2, 0.25) is 0 Å². The Labute approximate surface area is 111 Å². The van der Waals surface area contributed by atoms with E-state index in [-0.39, 0.29) is 17.8 Å². The molecule has 1 aromatic carbocycles. The van der Waals surface area contributed by atoms with Gasteiger partial charge < -0.3 is 15.0 Å². The summed E-state index contributed by atoms with van der Waals surface area (Å²) in [7, 11) is 0. The quantitative estimate of drug-likeness (QED) is 0.871. The molecule has 1 heterocycles. The highest BCUT2D eigenvalue weighted by Crippen LogP contribution is 2.21. The molecule has 2 aromatic rings. The molecular formula is C14H18FN3O. The molecule has 0 fully saturated rings. The predicted molar refractivity (Wildman–Crippen MR) is 71.3 cm³/mol. The van der Waals surface area contributed by atoms with Crippen LogP contribution in [0.15, 0.2) is 36.9 Å². The largest absolute Gasteiger partial charge is 0.508 e. The van der Waals surface area contributed by atoms with Gasteiger partial charge in [0.1, 0.15) is 11.6 Å². The molecule has 2 rings (SSSR count). The van der Waals surface area contributed by atoms with Crippen LogP contribution in [0.3, 0.4) is 0 Å². The lowest BCUT2D eigenvalue weighted by atomic mass is 10.1. The Bertz CT molecular complexity index is 527. The molecule has 2 atom stereocenters. The fourth-order valence-corrected chi connectivity index (χ4v) is 2.15. The fourth-order valence-electron chi connectivity index (χ4n) is 2.15. The van der Waals surface area contributed by atoms with Crippen LogP contribution >= 0.6 is 0 Å². The second-order valence-electron chi connectivity index (χ2n) is 4.75. The molecule has 4 nitrogen and oxygen atoms in total. The molecule has 2 N–H and O–H groups in total. The highest BCUT2D eigenvalue weighted by Gasteiger charge is 2.14. The third-order valence-corrected chi connectivity index (χ3v) is 3.03. The van der Waals surface area contributed by atoms with Crippen LogP contribution in [0.1, 0.15) is 25.5 Å². The van der Waals surface area contributed by atoms with E-state index in [1.54, 1.807) is 18.6 Å². The molecule has 102 valence electrons. The molecule has 0 aliphatic rings. The van der Waals surface area contributed by atoms with Crippen molar-refractivity contribution in [1.29, 1.82) is 0 Å². The van der Waals surface area contributed by atoms with E-state index in [1.807, 2.05) is 24.6 Å². The number of halogens is 1. The maximum Gasteiger partial charge on any atom is 0.131 e. The monoisotopic (exact) mass is 263 g/mol. The summed E-state index contributed by atoms with van der Waals surface area (Å²) in [5, 5.41) is 12.5. The number of phenols is 1. The van der Waals surface area contributed by atoms with Gasteiger partial charge in [-0.1, -0.05) is 6.07 Å². The van der Waals surface area contributed by atoms with Crippen LogP contribution in [0.25, 0.3) is 0 Å². The summed E-state index contributed by atoms with van der Waals surface area (Å²) in [5.41, 5.74) is 0.551. The molecule has 1 aromatic heterocycles. The third kappa shape index (κ3) is 3.54. The van der Waals surface area contributed by atoms with Gasteiger partial charge in [0.25, 0.3) is 0 Å². The maximum absolute atomic E-state index is 13.7. The minimum atomic E-state index is -0.394. The molecule has 5 heteroatoms. The molecule has 2 unspecified atom stereocenters. The van der Waals surface area contributed by atoms with Gasteiger partial charge in [-0.05, 0) is 19.9 Å². The van der Waals surface area contributed by atoms with Gasteiger partial charge in [-0.2, -0.15) is 0 Å². The van der Waals surface area contributed by atoms with Crippen molar-refractivity contribution >= 4 is 0 Å². The topological polar surface area (TPSA) is 50.1 Å². The molecule has 0 saturated carbocycles. The second-order valence-corrected chi connectivity index (χ2v) is 4.75. The number of aromatic hydroxyl groups is 1. The fraction of sp³-hybridized carbons (Fsp3) is 0.357. The number of rotatable bonds is 5. The van der Waals surface area contributed by atoms with Crippen molar-refractivity contribution in [3.05, 3.63) is 48.3 Å². The van der Waals surface area contributed by atoms with Crippen LogP contribution in [-0.4, -0.2) is 20.7 Å². The van der Waals surface area contributed by atoms with Gasteiger partial charge >= 0.3 is 0 Å². The van der Waals surface area contributed by atoms with Crippen molar-refractivity contribution in [1.82, 2.24) is 14.9 Å². The summed E-state index contributed by atoms with van der Waals surface area (Å²) >= 11 is 0. The van der Waals surface area contributed by atoms with Crippen molar-refractivity contribution in [3.8, 4) is 5.75 Å². The van der Waals surface area contributed by atoms with Crippen molar-refractivity contribution in [3.63, 3.8) is 0 Å². The van der Waals surface area contributed by atoms with Crippen molar-refractivity contribution in [2.24, 2.45) is 0 Å². The Hall–Kier alpha value is -1.88. The zero-order valence-corrected chi connectivity index (χ0v) is 11.0. The first kappa shape index (κ1) is 13.5. The number of nitrogens with one attached hydrogen (secondary N) is 1. The van der Waals surface area contributed by atoms with Gasteiger partial charge in [-0.15, -0.1) is 0 Å². The molecule has 0 radical (unpaired) electrons. The number of hydrogen-bond donors (Lipinski definition) is 2. The Morgan fingerprint density at radius 2 is 2.21 bits per heavy atom. The number of benzene rings is 1. The zero-order valence-electron chi connectivity index (χ0n) is 11.0. The highest BCUT2D eigenvalue weighted by molar-refractivity contribution is 5.29. The first-order valence-corrected chi connectivity index (χ1v) is 6.26. The molecule has 0 spiro atoms. The van der Waals surface area contributed by atoms with Crippen molar-refractivity contribution < 1.29 is 9.50 Å². The maximum atomic E-state index is 13.7. The summed E-state index contributed by atoms with van der Waals surface area (Å²) < 4.78 is 15.7. The smallest absolute Gasteiger partial charge is 0.131 e. The van der Waals surface area contributed by atoms with Crippen molar-refractivity contribution in [2.75, 3.05) is 0 Å². The third-order valence-electron chi connectivity index (χ3n) is 3.03. The van der Waals surface area contributed by atoms with Crippen LogP contribution in [0, 0.1) is 5.82 Å². The Morgan fingerprint density at radius 1 is 1.42 bits per heavy atom. The average molecular weight is 263 g/mol. The number of imidazole rings is 1. The van der Waals surface area contributed by atoms with E-state index < -0.39 is 5.82 Å². The predicted octanol–water partition coefficient (Wildman–Crippen LogP) is 2.47. The van der Waals surface area contributed by atoms with E-state index in [4.69, 9.17) is 0 Å². The Balaban J connectivity index is 1.98. The highest BCUT2D eigenvalue weighted by atomic mass is 19.1. The standard InChI is InChI=1S/C14H18FN3O/c1-10(8-18-6-5-16-9-18)17-11(2)13-4-3-12(19)7-14(13)15/h3-7,9-11,17,19H,8H2,1-2H3. The summed E-state index contributed by atoms with van der Waals surface area (Å²) in [6.45, 7) is 4.71. The molecule has 0 amide bonds. The van der Waals surface area contributed by atoms with Gasteiger partial charge in [0.05, 0.1) is 6.33 Å². The van der Waals surface area contributed by atoms with Crippen LogP contribution in [0.5, 0.6) is 5.75 Å². The average Bonchev–Trinajstić information content (AvgIpc) is 2.81. The number of aromatic nitrogens is 2. The minimum absolute atomic E-state index is 0.0556. The number of nitrogens with zero attached hydrogens (tertiary/aromatic N) is 2. The summed E-state index contributed by atoms with van der Waals surface area (Å²) in [6.07, 6.45) is 5.38. The van der Waals surface area contributed by atoms with E-state index in [1.165, 1.54) is 6.07 Å². The van der Waals surface area contributed by atoms with E-state index in [0.717, 1.165) is 12.6 Å². The molecule has 0 saturated heterocycles. The summed E-state index contributed by atoms with van der Waals surface area (Å²) in [5.74, 6) is -0.449. The van der Waals surface area contributed by atoms with E-state index in [0.29, 0.717) is 5.56 Å². The van der Waals surface area contributed by atoms with Gasteiger partial charge in [0.15, 0.2) is 0 Å². The lowest BCUT2D eigenvalue weighted by molar-refractivity contribution is 0.418. The van der Waals surface area contributed by atoms with Crippen molar-refractivity contribution in [2.45, 2.75) is 32.5 Å². The first-order chi connectivity index (χ1) is 9.06. The Kier molecular flexibility index (Phi) is 4.16. The van der Waals surface area contributed by atoms with Crippen LogP contribution in [-0.2, 0) is 6.54 Å². The SMILES string of the molecule is CC(Cn1ccnc1)NC(C)c1ccc(O)cc1F. The zero-order chi connectivity index (χ0) is 13.8. The second kappa shape index (κ2) is 5.84. The molecule has 19 heavy (non-hydrogen) atoms. The molecular weight excluding hydrogens is 245 g/mol. The summed E-state index contributed by atoms with van der Waals surface area (Å²) in [4.78, 5) is 3.98. The lowest BCUT2D eigenvalue weighted by Crippen LogP contribution is -2.32. The molecule has 0 aliphatic carbocycles. The first-order valence-electron chi connectivity index (χ1n) is 6.26. The molecule has 0 aliphatic heterocycles. The normalized spacial score (nSPS) is 14.3. The van der Waals surface area contributed by atoms with Crippen LogP contribution in [0.2, 0.25) is 0 Å². The Morgan fingerprint density at radius 3 is 2.84 bits per heavy atom. The number of hydrogen-bond acceptors (Lipinski definition) is 3. The van der Waals surface area contributed by atoms with Crippen LogP contribution in [0.4, 0.5) is 4.39 Å². The molecule has 0 bridgehead atoms. The van der Waals surface area contributed by atoms with E-state index in [2.05, 4.69) is 10.3 Å². The van der Waals surface area contributed by atoms with Gasteiger partial charge in [-0.3, -0.25) is 0 Å². The van der Waals surface area contributed by atoms with Gasteiger partial charge in [0, 0.05) is 42.7 Å². The minimum Gasteiger partial charge on any atom is -0.508 e. The van der Waals surface area contributed by atoms with Crippen LogP contribution < -0.4 is 5.32 Å².